The Morgan fingerprint density at radius 1 is 1.11 bits per heavy atom. The van der Waals surface area contributed by atoms with Crippen molar-refractivity contribution in [3.63, 3.8) is 0 Å². The Hall–Kier alpha value is -2.46. The number of fused-ring (bicyclic) bond motifs is 1. The van der Waals surface area contributed by atoms with Crippen molar-refractivity contribution in [3.05, 3.63) is 75.4 Å². The molecule has 0 amide bonds. The quantitative estimate of drug-likeness (QED) is 0.201. The Labute approximate surface area is 230 Å². The molecule has 1 aliphatic carbocycles. The molecule has 1 aliphatic rings. The third kappa shape index (κ3) is 5.70. The third-order valence-electron chi connectivity index (χ3n) is 6.89. The summed E-state index contributed by atoms with van der Waals surface area (Å²) in [4.78, 5) is 5.08. The van der Waals surface area contributed by atoms with Gasteiger partial charge in [0.25, 0.3) is 0 Å². The van der Waals surface area contributed by atoms with E-state index in [-0.39, 0.29) is 0 Å². The summed E-state index contributed by atoms with van der Waals surface area (Å²) in [5, 5.41) is 8.46. The van der Waals surface area contributed by atoms with E-state index in [2.05, 4.69) is 38.0 Å². The van der Waals surface area contributed by atoms with Gasteiger partial charge in [0.05, 0.1) is 21.3 Å². The molecule has 4 aromatic rings. The normalized spacial score (nSPS) is 14.1. The Morgan fingerprint density at radius 3 is 2.65 bits per heavy atom. The number of aryl methyl sites for hydroxylation is 1. The molecule has 0 saturated heterocycles. The molecule has 7 nitrogen and oxygen atoms in total. The van der Waals surface area contributed by atoms with E-state index in [1.165, 1.54) is 17.5 Å². The second-order valence-corrected chi connectivity index (χ2v) is 12.4. The fraction of sp³-hybridized carbons (Fsp3) is 0.333. The zero-order valence-corrected chi connectivity index (χ0v) is 23.7. The van der Waals surface area contributed by atoms with Gasteiger partial charge in [-0.15, -0.1) is 0 Å². The number of halogens is 2. The second kappa shape index (κ2) is 11.1. The number of hydrogen-bond acceptors (Lipinski definition) is 5. The molecule has 194 valence electrons. The SMILES string of the molecule is Cc1ccc(S(=O)(=O)NCCCCNc2cc(-c3ccccc3Cl)nc3c(Br)cnn23)cc1C1CCC1. The van der Waals surface area contributed by atoms with E-state index < -0.39 is 10.0 Å². The number of aromatic nitrogens is 3. The number of unbranched alkanes of at least 4 members (excludes halogenated alkanes) is 1. The van der Waals surface area contributed by atoms with E-state index in [1.807, 2.05) is 42.5 Å². The number of sulfonamides is 1. The monoisotopic (exact) mass is 601 g/mol. The third-order valence-corrected chi connectivity index (χ3v) is 9.23. The van der Waals surface area contributed by atoms with Crippen molar-refractivity contribution in [1.82, 2.24) is 19.3 Å². The first kappa shape index (κ1) is 26.2. The molecule has 0 bridgehead atoms. The molecule has 2 heterocycles. The maximum atomic E-state index is 12.9. The maximum Gasteiger partial charge on any atom is 0.240 e. The van der Waals surface area contributed by atoms with Gasteiger partial charge in [0.15, 0.2) is 5.65 Å². The van der Waals surface area contributed by atoms with Crippen molar-refractivity contribution in [3.8, 4) is 11.3 Å². The van der Waals surface area contributed by atoms with Crippen LogP contribution in [0.5, 0.6) is 0 Å². The first-order valence-corrected chi connectivity index (χ1v) is 15.1. The number of rotatable bonds is 10. The first-order chi connectivity index (χ1) is 17.8. The minimum Gasteiger partial charge on any atom is -0.370 e. The summed E-state index contributed by atoms with van der Waals surface area (Å²) < 4.78 is 31.0. The lowest BCUT2D eigenvalue weighted by molar-refractivity contribution is 0.417. The van der Waals surface area contributed by atoms with E-state index in [4.69, 9.17) is 16.6 Å². The van der Waals surface area contributed by atoms with Crippen LogP contribution in [0.15, 0.2) is 64.1 Å². The molecule has 2 aromatic heterocycles. The van der Waals surface area contributed by atoms with Crippen LogP contribution in [-0.4, -0.2) is 36.1 Å². The van der Waals surface area contributed by atoms with Gasteiger partial charge in [-0.3, -0.25) is 0 Å². The zero-order chi connectivity index (χ0) is 26.0. The number of nitrogens with one attached hydrogen (secondary N) is 2. The summed E-state index contributed by atoms with van der Waals surface area (Å²) >= 11 is 9.93. The summed E-state index contributed by atoms with van der Waals surface area (Å²) in [6.45, 7) is 3.08. The summed E-state index contributed by atoms with van der Waals surface area (Å²) in [6, 6.07) is 15.0. The molecule has 1 fully saturated rings. The van der Waals surface area contributed by atoms with E-state index in [9.17, 15) is 8.42 Å². The molecule has 0 radical (unpaired) electrons. The van der Waals surface area contributed by atoms with Gasteiger partial charge in [-0.05, 0) is 83.8 Å². The van der Waals surface area contributed by atoms with Crippen LogP contribution in [0, 0.1) is 6.92 Å². The van der Waals surface area contributed by atoms with Crippen molar-refractivity contribution in [2.24, 2.45) is 0 Å². The highest BCUT2D eigenvalue weighted by atomic mass is 79.9. The standard InChI is InChI=1S/C27H29BrClN5O2S/c1-18-11-12-20(15-22(18)19-7-6-8-19)37(35,36)32-14-5-4-13-30-26-16-25(21-9-2-3-10-24(21)29)33-27-23(28)17-31-34(26)27/h2-3,9-12,15-17,19,30,32H,4-8,13-14H2,1H3. The largest absolute Gasteiger partial charge is 0.370 e. The van der Waals surface area contributed by atoms with Crippen molar-refractivity contribution in [2.45, 2.75) is 49.8 Å². The molecule has 5 rings (SSSR count). The highest BCUT2D eigenvalue weighted by molar-refractivity contribution is 9.10. The smallest absolute Gasteiger partial charge is 0.240 e. The minimum atomic E-state index is -3.53. The summed E-state index contributed by atoms with van der Waals surface area (Å²) in [5.74, 6) is 1.28. The Kier molecular flexibility index (Phi) is 7.85. The fourth-order valence-electron chi connectivity index (χ4n) is 4.57. The van der Waals surface area contributed by atoms with Gasteiger partial charge >= 0.3 is 0 Å². The lowest BCUT2D eigenvalue weighted by Crippen LogP contribution is -2.25. The second-order valence-electron chi connectivity index (χ2n) is 9.41. The molecular weight excluding hydrogens is 574 g/mol. The minimum absolute atomic E-state index is 0.355. The van der Waals surface area contributed by atoms with Gasteiger partial charge in [-0.2, -0.15) is 9.61 Å². The number of hydrogen-bond donors (Lipinski definition) is 2. The topological polar surface area (TPSA) is 88.4 Å². The van der Waals surface area contributed by atoms with Crippen molar-refractivity contribution in [2.75, 3.05) is 18.4 Å². The van der Waals surface area contributed by atoms with Crippen LogP contribution in [0.3, 0.4) is 0 Å². The van der Waals surface area contributed by atoms with Crippen LogP contribution in [0.2, 0.25) is 5.02 Å². The predicted molar refractivity (Wildman–Crippen MR) is 152 cm³/mol. The molecule has 2 aromatic carbocycles. The Morgan fingerprint density at radius 2 is 1.89 bits per heavy atom. The van der Waals surface area contributed by atoms with E-state index >= 15 is 0 Å². The molecule has 1 saturated carbocycles. The van der Waals surface area contributed by atoms with Gasteiger partial charge in [-0.1, -0.05) is 42.3 Å². The predicted octanol–water partition coefficient (Wildman–Crippen LogP) is 6.56. The van der Waals surface area contributed by atoms with Gasteiger partial charge in [-0.25, -0.2) is 18.1 Å². The van der Waals surface area contributed by atoms with Gasteiger partial charge in [0, 0.05) is 29.7 Å². The summed E-state index contributed by atoms with van der Waals surface area (Å²) in [5.41, 5.74) is 4.61. The first-order valence-electron chi connectivity index (χ1n) is 12.5. The fourth-order valence-corrected chi connectivity index (χ4v) is 6.26. The molecule has 2 N–H and O–H groups in total. The maximum absolute atomic E-state index is 12.9. The molecule has 10 heteroatoms. The number of nitrogens with zero attached hydrogens (tertiary/aromatic N) is 3. The van der Waals surface area contributed by atoms with Crippen LogP contribution in [0.4, 0.5) is 5.82 Å². The van der Waals surface area contributed by atoms with Crippen LogP contribution >= 0.6 is 27.5 Å². The number of benzene rings is 2. The van der Waals surface area contributed by atoms with Crippen molar-refractivity contribution >= 4 is 49.0 Å². The van der Waals surface area contributed by atoms with Gasteiger partial charge < -0.3 is 5.32 Å². The lowest BCUT2D eigenvalue weighted by Gasteiger charge is -2.27. The van der Waals surface area contributed by atoms with Crippen molar-refractivity contribution in [1.29, 1.82) is 0 Å². The Balaban J connectivity index is 1.19. The molecule has 0 aliphatic heterocycles. The van der Waals surface area contributed by atoms with Gasteiger partial charge in [0.2, 0.25) is 10.0 Å². The summed E-state index contributed by atoms with van der Waals surface area (Å²) in [7, 11) is -3.53. The molecular formula is C27H29BrClN5O2S. The molecule has 0 atom stereocenters. The average Bonchev–Trinajstić information content (AvgIpc) is 3.22. The molecule has 0 spiro atoms. The van der Waals surface area contributed by atoms with E-state index in [1.54, 1.807) is 16.8 Å². The van der Waals surface area contributed by atoms with Gasteiger partial charge in [0.1, 0.15) is 5.82 Å². The van der Waals surface area contributed by atoms with Crippen molar-refractivity contribution < 1.29 is 8.42 Å². The van der Waals surface area contributed by atoms with E-state index in [0.717, 1.165) is 40.8 Å². The van der Waals surface area contributed by atoms with E-state index in [0.29, 0.717) is 41.0 Å². The number of anilines is 1. The molecule has 0 unspecified atom stereocenters. The highest BCUT2D eigenvalue weighted by Crippen LogP contribution is 2.38. The Bertz CT molecular complexity index is 1540. The average molecular weight is 603 g/mol. The zero-order valence-electron chi connectivity index (χ0n) is 20.5. The summed E-state index contributed by atoms with van der Waals surface area (Å²) in [6.07, 6.45) is 6.69. The molecule has 37 heavy (non-hydrogen) atoms. The highest BCUT2D eigenvalue weighted by Gasteiger charge is 2.23. The van der Waals surface area contributed by atoms with Crippen LogP contribution in [0.1, 0.15) is 49.1 Å². The lowest BCUT2D eigenvalue weighted by atomic mass is 9.78. The van der Waals surface area contributed by atoms with Crippen LogP contribution in [0.25, 0.3) is 16.9 Å². The van der Waals surface area contributed by atoms with Crippen LogP contribution < -0.4 is 10.0 Å². The van der Waals surface area contributed by atoms with Crippen LogP contribution in [-0.2, 0) is 10.0 Å².